The molecule has 0 aliphatic rings. The zero-order valence-corrected chi connectivity index (χ0v) is 9.26. The maximum absolute atomic E-state index is 11.9. The minimum atomic E-state index is -1.13. The lowest BCUT2D eigenvalue weighted by atomic mass is 10.3. The molecule has 0 fully saturated rings. The van der Waals surface area contributed by atoms with Crippen LogP contribution in [0.4, 0.5) is 0 Å². The lowest BCUT2D eigenvalue weighted by molar-refractivity contribution is 0.0695. The molecule has 0 saturated heterocycles. The van der Waals surface area contributed by atoms with Gasteiger partial charge >= 0.3 is 5.97 Å². The summed E-state index contributed by atoms with van der Waals surface area (Å²) in [6.45, 7) is 7.76. The minimum Gasteiger partial charge on any atom is -0.478 e. The average Bonchev–Trinajstić information content (AvgIpc) is 2.77. The Kier molecular flexibility index (Phi) is 4.28. The zero-order valence-electron chi connectivity index (χ0n) is 9.26. The van der Waals surface area contributed by atoms with Crippen molar-refractivity contribution in [3.8, 4) is 0 Å². The lowest BCUT2D eigenvalue weighted by Gasteiger charge is -2.17. The smallest absolute Gasteiger partial charge is 0.338 e. The number of carboxylic acid groups (broad SMARTS) is 1. The van der Waals surface area contributed by atoms with Gasteiger partial charge in [-0.3, -0.25) is 4.79 Å². The fourth-order valence-corrected chi connectivity index (χ4v) is 1.27. The summed E-state index contributed by atoms with van der Waals surface area (Å²) in [4.78, 5) is 24.0. The third-order valence-electron chi connectivity index (χ3n) is 2.04. The number of carboxylic acids is 1. The monoisotopic (exact) mass is 235 g/mol. The third-order valence-corrected chi connectivity index (χ3v) is 2.04. The van der Waals surface area contributed by atoms with Crippen molar-refractivity contribution in [1.82, 2.24) is 4.90 Å². The van der Waals surface area contributed by atoms with Crippen molar-refractivity contribution in [3.63, 3.8) is 0 Å². The molecule has 5 heteroatoms. The summed E-state index contributed by atoms with van der Waals surface area (Å²) in [6.07, 6.45) is 4.18. The van der Waals surface area contributed by atoms with E-state index in [2.05, 4.69) is 13.2 Å². The van der Waals surface area contributed by atoms with Crippen LogP contribution in [-0.2, 0) is 0 Å². The van der Waals surface area contributed by atoms with Crippen LogP contribution in [0.1, 0.15) is 20.9 Å². The van der Waals surface area contributed by atoms with Gasteiger partial charge in [0.25, 0.3) is 5.91 Å². The SMILES string of the molecule is C=CCN(CC=C)C(=O)c1cc(C(=O)O)co1. The molecule has 0 saturated carbocycles. The highest BCUT2D eigenvalue weighted by Gasteiger charge is 2.19. The van der Waals surface area contributed by atoms with Crippen molar-refractivity contribution < 1.29 is 19.1 Å². The van der Waals surface area contributed by atoms with Crippen LogP contribution in [0.5, 0.6) is 0 Å². The number of carbonyl (C=O) groups is 2. The molecule has 0 atom stereocenters. The van der Waals surface area contributed by atoms with E-state index < -0.39 is 11.9 Å². The molecule has 90 valence electrons. The van der Waals surface area contributed by atoms with Crippen molar-refractivity contribution in [2.75, 3.05) is 13.1 Å². The molecule has 1 aromatic rings. The number of furan rings is 1. The second-order valence-electron chi connectivity index (χ2n) is 3.29. The van der Waals surface area contributed by atoms with Gasteiger partial charge in [0.05, 0.1) is 5.56 Å². The molecule has 1 heterocycles. The summed E-state index contributed by atoms with van der Waals surface area (Å²) >= 11 is 0. The topological polar surface area (TPSA) is 70.8 Å². The molecule has 0 radical (unpaired) electrons. The van der Waals surface area contributed by atoms with Crippen LogP contribution in [0.15, 0.2) is 42.1 Å². The molecule has 0 bridgehead atoms. The van der Waals surface area contributed by atoms with E-state index in [9.17, 15) is 9.59 Å². The van der Waals surface area contributed by atoms with Gasteiger partial charge in [0, 0.05) is 19.2 Å². The Morgan fingerprint density at radius 3 is 2.35 bits per heavy atom. The standard InChI is InChI=1S/C12H13NO4/c1-3-5-13(6-4-2)11(14)10-7-9(8-17-10)12(15)16/h3-4,7-8H,1-2,5-6H2,(H,15,16). The molecule has 1 N–H and O–H groups in total. The van der Waals surface area contributed by atoms with E-state index in [1.165, 1.54) is 11.0 Å². The molecule has 1 amide bonds. The Bertz CT molecular complexity index is 437. The van der Waals surface area contributed by atoms with Crippen molar-refractivity contribution in [1.29, 1.82) is 0 Å². The van der Waals surface area contributed by atoms with E-state index in [-0.39, 0.29) is 11.3 Å². The Labute approximate surface area is 98.6 Å². The number of nitrogens with zero attached hydrogens (tertiary/aromatic N) is 1. The molecule has 0 aromatic carbocycles. The van der Waals surface area contributed by atoms with Crippen molar-refractivity contribution in [3.05, 3.63) is 49.0 Å². The molecule has 1 aromatic heterocycles. The normalized spacial score (nSPS) is 9.65. The van der Waals surface area contributed by atoms with Gasteiger partial charge in [-0.2, -0.15) is 0 Å². The predicted molar refractivity (Wildman–Crippen MR) is 62.0 cm³/mol. The quantitative estimate of drug-likeness (QED) is 0.763. The van der Waals surface area contributed by atoms with E-state index >= 15 is 0 Å². The molecule has 17 heavy (non-hydrogen) atoms. The van der Waals surface area contributed by atoms with Gasteiger partial charge in [0.1, 0.15) is 6.26 Å². The number of hydrogen-bond acceptors (Lipinski definition) is 3. The van der Waals surface area contributed by atoms with E-state index in [0.29, 0.717) is 13.1 Å². The Hall–Kier alpha value is -2.30. The first kappa shape index (κ1) is 12.8. The van der Waals surface area contributed by atoms with Gasteiger partial charge in [-0.25, -0.2) is 4.79 Å². The van der Waals surface area contributed by atoms with Crippen LogP contribution in [-0.4, -0.2) is 35.0 Å². The van der Waals surface area contributed by atoms with Crippen LogP contribution in [0.25, 0.3) is 0 Å². The van der Waals surface area contributed by atoms with Crippen LogP contribution in [0.2, 0.25) is 0 Å². The molecule has 0 aliphatic carbocycles. The Morgan fingerprint density at radius 2 is 1.94 bits per heavy atom. The van der Waals surface area contributed by atoms with Crippen LogP contribution >= 0.6 is 0 Å². The molecule has 1 rings (SSSR count). The first-order chi connectivity index (χ1) is 8.10. The first-order valence-electron chi connectivity index (χ1n) is 4.93. The maximum atomic E-state index is 11.9. The van der Waals surface area contributed by atoms with Crippen molar-refractivity contribution >= 4 is 11.9 Å². The van der Waals surface area contributed by atoms with E-state index in [4.69, 9.17) is 9.52 Å². The van der Waals surface area contributed by atoms with Crippen molar-refractivity contribution in [2.24, 2.45) is 0 Å². The first-order valence-corrected chi connectivity index (χ1v) is 4.93. The van der Waals surface area contributed by atoms with Crippen LogP contribution in [0.3, 0.4) is 0 Å². The average molecular weight is 235 g/mol. The molecule has 0 aliphatic heterocycles. The number of amides is 1. The third kappa shape index (κ3) is 3.07. The van der Waals surface area contributed by atoms with E-state index in [1.54, 1.807) is 12.2 Å². The minimum absolute atomic E-state index is 0.00824. The van der Waals surface area contributed by atoms with Gasteiger partial charge in [-0.1, -0.05) is 12.2 Å². The molecule has 0 unspecified atom stereocenters. The highest BCUT2D eigenvalue weighted by molar-refractivity contribution is 5.95. The maximum Gasteiger partial charge on any atom is 0.338 e. The Morgan fingerprint density at radius 1 is 1.35 bits per heavy atom. The summed E-state index contributed by atoms with van der Waals surface area (Å²) in [6, 6.07) is 1.20. The molecular formula is C12H13NO4. The summed E-state index contributed by atoms with van der Waals surface area (Å²) in [5.74, 6) is -1.53. The summed E-state index contributed by atoms with van der Waals surface area (Å²) < 4.78 is 4.92. The Balaban J connectivity index is 2.88. The second-order valence-corrected chi connectivity index (χ2v) is 3.29. The summed E-state index contributed by atoms with van der Waals surface area (Å²) in [5, 5.41) is 8.71. The van der Waals surface area contributed by atoms with Crippen molar-refractivity contribution in [2.45, 2.75) is 0 Å². The zero-order chi connectivity index (χ0) is 12.8. The number of carbonyl (C=O) groups excluding carboxylic acids is 1. The van der Waals surface area contributed by atoms with Gasteiger partial charge in [-0.15, -0.1) is 13.2 Å². The number of aromatic carboxylic acids is 1. The second kappa shape index (κ2) is 5.69. The fraction of sp³-hybridized carbons (Fsp3) is 0.167. The summed E-state index contributed by atoms with van der Waals surface area (Å²) in [5.41, 5.74) is -0.0505. The van der Waals surface area contributed by atoms with Crippen LogP contribution in [0, 0.1) is 0 Å². The predicted octanol–water partition coefficient (Wildman–Crippen LogP) is 1.79. The van der Waals surface area contributed by atoms with Crippen LogP contribution < -0.4 is 0 Å². The number of hydrogen-bond donors (Lipinski definition) is 1. The molecule has 0 spiro atoms. The van der Waals surface area contributed by atoms with Gasteiger partial charge < -0.3 is 14.4 Å². The molecular weight excluding hydrogens is 222 g/mol. The van der Waals surface area contributed by atoms with Gasteiger partial charge in [-0.05, 0) is 0 Å². The summed E-state index contributed by atoms with van der Waals surface area (Å²) in [7, 11) is 0. The van der Waals surface area contributed by atoms with Gasteiger partial charge in [0.15, 0.2) is 5.76 Å². The fourth-order valence-electron chi connectivity index (χ4n) is 1.27. The highest BCUT2D eigenvalue weighted by Crippen LogP contribution is 2.11. The van der Waals surface area contributed by atoms with Gasteiger partial charge in [0.2, 0.25) is 0 Å². The lowest BCUT2D eigenvalue weighted by Crippen LogP contribution is -2.30. The van der Waals surface area contributed by atoms with E-state index in [0.717, 1.165) is 6.26 Å². The highest BCUT2D eigenvalue weighted by atomic mass is 16.4. The molecule has 5 nitrogen and oxygen atoms in total. The number of rotatable bonds is 6. The van der Waals surface area contributed by atoms with E-state index in [1.807, 2.05) is 0 Å². The largest absolute Gasteiger partial charge is 0.478 e.